The molecule has 0 fully saturated rings. The van der Waals surface area contributed by atoms with E-state index in [0.717, 1.165) is 6.42 Å². The van der Waals surface area contributed by atoms with Gasteiger partial charge in [0.25, 0.3) is 0 Å². The minimum Gasteiger partial charge on any atom is -1.00 e. The van der Waals surface area contributed by atoms with Gasteiger partial charge in [-0.1, -0.05) is 0 Å². The SMILES string of the molecule is CC1=CC[C]([Zr+2][c]2c(C(C)(C)C)ccc3c2Cc2cc(C(C)(C)C)ccc2-3)=C1C.[Cl-].[Cl-]. The molecular formula is C28H34Cl2Zr. The van der Waals surface area contributed by atoms with Gasteiger partial charge in [-0.3, -0.25) is 0 Å². The molecule has 2 aliphatic rings. The van der Waals surface area contributed by atoms with E-state index in [4.69, 9.17) is 0 Å². The van der Waals surface area contributed by atoms with E-state index in [1.54, 1.807) is 23.3 Å². The first-order valence-corrected chi connectivity index (χ1v) is 13.4. The Kier molecular flexibility index (Phi) is 8.01. The van der Waals surface area contributed by atoms with Gasteiger partial charge in [0.15, 0.2) is 0 Å². The summed E-state index contributed by atoms with van der Waals surface area (Å²) < 4.78 is 3.53. The number of rotatable bonds is 2. The number of allylic oxidation sites excluding steroid dienone is 4. The molecule has 164 valence electrons. The molecule has 0 heterocycles. The topological polar surface area (TPSA) is 0 Å². The molecule has 0 aromatic heterocycles. The normalized spacial score (nSPS) is 14.9. The number of hydrogen-bond acceptors (Lipinski definition) is 0. The molecule has 0 radical (unpaired) electrons. The first-order chi connectivity index (χ1) is 13.5. The molecule has 2 aliphatic carbocycles. The van der Waals surface area contributed by atoms with E-state index in [9.17, 15) is 0 Å². The maximum Gasteiger partial charge on any atom is -1.00 e. The average molecular weight is 533 g/mol. The van der Waals surface area contributed by atoms with Crippen LogP contribution in [-0.2, 0) is 40.5 Å². The molecule has 2 aromatic carbocycles. The van der Waals surface area contributed by atoms with Crippen molar-refractivity contribution in [1.29, 1.82) is 0 Å². The summed E-state index contributed by atoms with van der Waals surface area (Å²) in [6.07, 6.45) is 4.75. The Bertz CT molecular complexity index is 1060. The summed E-state index contributed by atoms with van der Waals surface area (Å²) in [5.41, 5.74) is 12.7. The van der Waals surface area contributed by atoms with Crippen molar-refractivity contribution in [2.75, 3.05) is 0 Å². The Morgan fingerprint density at radius 1 is 0.806 bits per heavy atom. The van der Waals surface area contributed by atoms with Crippen molar-refractivity contribution in [3.8, 4) is 11.1 Å². The maximum absolute atomic E-state index is 2.48. The predicted octanol–water partition coefficient (Wildman–Crippen LogP) is 1.19. The monoisotopic (exact) mass is 530 g/mol. The van der Waals surface area contributed by atoms with Crippen LogP contribution in [0.1, 0.15) is 84.1 Å². The zero-order valence-corrected chi connectivity index (χ0v) is 24.1. The molecule has 2 aromatic rings. The summed E-state index contributed by atoms with van der Waals surface area (Å²) in [7, 11) is 0. The van der Waals surface area contributed by atoms with Gasteiger partial charge in [-0.15, -0.1) is 0 Å². The molecule has 0 nitrogen and oxygen atoms in total. The second kappa shape index (κ2) is 9.32. The summed E-state index contributed by atoms with van der Waals surface area (Å²) in [5.74, 6) is 0. The van der Waals surface area contributed by atoms with Gasteiger partial charge in [-0.25, -0.2) is 0 Å². The van der Waals surface area contributed by atoms with Crippen molar-refractivity contribution in [2.45, 2.75) is 79.1 Å². The number of halogens is 2. The Morgan fingerprint density at radius 2 is 1.45 bits per heavy atom. The third-order valence-electron chi connectivity index (χ3n) is 6.68. The molecule has 31 heavy (non-hydrogen) atoms. The molecule has 0 atom stereocenters. The standard InChI is InChI=1S/C21H25.C7H9.2ClH.Zr/c1-20(2,3)16-7-9-18-14(12-16)11-15-13-17(21(4,5)6)8-10-19(15)18;1-6-4-3-5-7(6)2;;;/h7-10,12H,11H2,1-6H3;4H,3H2,1-2H3;2*1H;/q;;;;+2/p-2. The van der Waals surface area contributed by atoms with Gasteiger partial charge in [-0.05, 0) is 0 Å². The number of fused-ring (bicyclic) bond motifs is 3. The van der Waals surface area contributed by atoms with Crippen LogP contribution in [0.25, 0.3) is 11.1 Å². The summed E-state index contributed by atoms with van der Waals surface area (Å²) in [6, 6.07) is 12.1. The van der Waals surface area contributed by atoms with Crippen LogP contribution in [0.15, 0.2) is 50.8 Å². The smallest absolute Gasteiger partial charge is 1.00 e. The van der Waals surface area contributed by atoms with Gasteiger partial charge in [0.1, 0.15) is 0 Å². The Morgan fingerprint density at radius 3 is 2.00 bits per heavy atom. The minimum absolute atomic E-state index is 0. The largest absolute Gasteiger partial charge is 1.00 e. The molecule has 0 saturated carbocycles. The number of benzene rings is 2. The Hall–Kier alpha value is -0.617. The number of hydrogen-bond donors (Lipinski definition) is 0. The van der Waals surface area contributed by atoms with Crippen LogP contribution in [0.3, 0.4) is 0 Å². The van der Waals surface area contributed by atoms with Crippen molar-refractivity contribution in [1.82, 2.24) is 0 Å². The molecule has 0 unspecified atom stereocenters. The van der Waals surface area contributed by atoms with Crippen molar-refractivity contribution in [3.05, 3.63) is 73.1 Å². The van der Waals surface area contributed by atoms with Crippen LogP contribution in [0.2, 0.25) is 0 Å². The van der Waals surface area contributed by atoms with Crippen molar-refractivity contribution in [3.63, 3.8) is 0 Å². The van der Waals surface area contributed by atoms with Crippen molar-refractivity contribution in [2.24, 2.45) is 0 Å². The molecule has 4 rings (SSSR count). The van der Waals surface area contributed by atoms with Gasteiger partial charge >= 0.3 is 190 Å². The van der Waals surface area contributed by atoms with Crippen LogP contribution in [0.4, 0.5) is 0 Å². The van der Waals surface area contributed by atoms with Gasteiger partial charge in [0.2, 0.25) is 0 Å². The molecular weight excluding hydrogens is 498 g/mol. The van der Waals surface area contributed by atoms with Crippen LogP contribution in [0.5, 0.6) is 0 Å². The maximum atomic E-state index is 2.48. The fraction of sp³-hybridized carbons (Fsp3) is 0.429. The molecule has 0 bridgehead atoms. The van der Waals surface area contributed by atoms with Crippen LogP contribution in [0, 0.1) is 0 Å². The molecule has 3 heteroatoms. The second-order valence-corrected chi connectivity index (χ2v) is 14.2. The van der Waals surface area contributed by atoms with E-state index in [-0.39, 0.29) is 35.6 Å². The summed E-state index contributed by atoms with van der Waals surface area (Å²) in [6.45, 7) is 18.7. The molecule has 0 saturated heterocycles. The molecule has 0 aliphatic heterocycles. The second-order valence-electron chi connectivity index (χ2n) is 10.9. The predicted molar refractivity (Wildman–Crippen MR) is 123 cm³/mol. The van der Waals surface area contributed by atoms with E-state index in [0.29, 0.717) is 0 Å². The zero-order valence-electron chi connectivity index (χ0n) is 20.1. The molecule has 0 N–H and O–H groups in total. The van der Waals surface area contributed by atoms with Crippen LogP contribution in [-0.4, -0.2) is 0 Å². The van der Waals surface area contributed by atoms with Gasteiger partial charge < -0.3 is 24.8 Å². The molecule has 0 amide bonds. The van der Waals surface area contributed by atoms with Crippen molar-refractivity contribution >= 4 is 3.27 Å². The van der Waals surface area contributed by atoms with Crippen LogP contribution < -0.4 is 28.1 Å². The third kappa shape index (κ3) is 5.00. The Balaban J connectivity index is 0.00000171. The van der Waals surface area contributed by atoms with Gasteiger partial charge in [0, 0.05) is 0 Å². The van der Waals surface area contributed by atoms with E-state index in [2.05, 4.69) is 91.8 Å². The van der Waals surface area contributed by atoms with E-state index < -0.39 is 23.2 Å². The first-order valence-electron chi connectivity index (χ1n) is 10.9. The van der Waals surface area contributed by atoms with Crippen molar-refractivity contribution < 1.29 is 48.0 Å². The zero-order chi connectivity index (χ0) is 21.1. The van der Waals surface area contributed by atoms with E-state index in [1.165, 1.54) is 34.2 Å². The molecule has 0 spiro atoms. The summed E-state index contributed by atoms with van der Waals surface area (Å²) in [4.78, 5) is 0. The fourth-order valence-electron chi connectivity index (χ4n) is 4.61. The van der Waals surface area contributed by atoms with E-state index in [1.807, 2.05) is 0 Å². The first kappa shape index (κ1) is 26.6. The third-order valence-corrected chi connectivity index (χ3v) is 10.9. The summed E-state index contributed by atoms with van der Waals surface area (Å²) >= 11 is -0.819. The quantitative estimate of drug-likeness (QED) is 0.466. The fourth-order valence-corrected chi connectivity index (χ4v) is 9.17. The van der Waals surface area contributed by atoms with Crippen LogP contribution >= 0.6 is 0 Å². The minimum atomic E-state index is -0.819. The summed E-state index contributed by atoms with van der Waals surface area (Å²) in [5, 5.41) is 0. The average Bonchev–Trinajstić information content (AvgIpc) is 3.14. The Labute approximate surface area is 213 Å². The van der Waals surface area contributed by atoms with Gasteiger partial charge in [0.05, 0.1) is 0 Å². The van der Waals surface area contributed by atoms with E-state index >= 15 is 0 Å². The van der Waals surface area contributed by atoms with Gasteiger partial charge in [-0.2, -0.15) is 0 Å².